The van der Waals surface area contributed by atoms with Gasteiger partial charge in [0, 0.05) is 6.04 Å². The number of ether oxygens (including phenoxy) is 1. The summed E-state index contributed by atoms with van der Waals surface area (Å²) in [6.45, 7) is -0.247. The van der Waals surface area contributed by atoms with E-state index in [0.29, 0.717) is 0 Å². The summed E-state index contributed by atoms with van der Waals surface area (Å²) in [5, 5.41) is 2.72. The third-order valence-electron chi connectivity index (χ3n) is 3.06. The van der Waals surface area contributed by atoms with Crippen LogP contribution in [0.1, 0.15) is 25.7 Å². The summed E-state index contributed by atoms with van der Waals surface area (Å²) >= 11 is 4.02. The average Bonchev–Trinajstić information content (AvgIpc) is 2.35. The van der Waals surface area contributed by atoms with Gasteiger partial charge >= 0.3 is 0 Å². The van der Waals surface area contributed by atoms with Crippen molar-refractivity contribution < 1.29 is 19.1 Å². The molecule has 1 amide bonds. The molecule has 0 radical (unpaired) electrons. The van der Waals surface area contributed by atoms with Gasteiger partial charge in [0.1, 0.15) is 6.61 Å². The van der Waals surface area contributed by atoms with Crippen molar-refractivity contribution in [3.05, 3.63) is 12.2 Å². The van der Waals surface area contributed by atoms with Crippen molar-refractivity contribution >= 4 is 30.1 Å². The van der Waals surface area contributed by atoms with Crippen molar-refractivity contribution in [3.8, 4) is 0 Å². The fourth-order valence-corrected chi connectivity index (χ4v) is 2.21. The fraction of sp³-hybridized carbons (Fsp3) is 0.583. The van der Waals surface area contributed by atoms with E-state index >= 15 is 0 Å². The Bertz CT molecular complexity index is 420. The molecule has 0 spiro atoms. The third-order valence-corrected chi connectivity index (χ3v) is 3.64. The number of thiol groups is 1. The minimum absolute atomic E-state index is 0.0932. The summed E-state index contributed by atoms with van der Waals surface area (Å²) in [6.07, 6.45) is 6.43. The number of nitrogens with one attached hydrogen (secondary N) is 1. The second-order valence-electron chi connectivity index (χ2n) is 4.51. The molecule has 0 aromatic rings. The molecule has 0 aromatic carbocycles. The van der Waals surface area contributed by atoms with Gasteiger partial charge in [0.25, 0.3) is 5.91 Å². The molecule has 0 saturated carbocycles. The van der Waals surface area contributed by atoms with Crippen molar-refractivity contribution in [1.29, 1.82) is 0 Å². The van der Waals surface area contributed by atoms with Gasteiger partial charge in [-0.2, -0.15) is 0 Å². The first-order valence-corrected chi connectivity index (χ1v) is 6.36. The van der Waals surface area contributed by atoms with Crippen LogP contribution in [0.5, 0.6) is 0 Å². The van der Waals surface area contributed by atoms with Crippen LogP contribution in [0.2, 0.25) is 0 Å². The number of ketones is 2. The van der Waals surface area contributed by atoms with E-state index in [-0.39, 0.29) is 24.9 Å². The predicted molar refractivity (Wildman–Crippen MR) is 67.2 cm³/mol. The van der Waals surface area contributed by atoms with E-state index in [4.69, 9.17) is 4.74 Å². The lowest BCUT2D eigenvalue weighted by Crippen LogP contribution is -2.56. The molecule has 18 heavy (non-hydrogen) atoms. The molecule has 2 rings (SSSR count). The summed E-state index contributed by atoms with van der Waals surface area (Å²) in [5.41, 5.74) is 0. The van der Waals surface area contributed by atoms with Gasteiger partial charge in [-0.1, -0.05) is 12.2 Å². The molecule has 1 aliphatic carbocycles. The Kier molecular flexibility index (Phi) is 3.87. The number of amides is 1. The summed E-state index contributed by atoms with van der Waals surface area (Å²) in [5.74, 6) is -1.51. The molecule has 2 aliphatic rings. The van der Waals surface area contributed by atoms with Gasteiger partial charge in [0.15, 0.2) is 11.6 Å². The maximum atomic E-state index is 12.0. The van der Waals surface area contributed by atoms with Crippen LogP contribution in [0.25, 0.3) is 0 Å². The lowest BCUT2D eigenvalue weighted by Gasteiger charge is -2.31. The van der Waals surface area contributed by atoms with E-state index < -0.39 is 16.6 Å². The van der Waals surface area contributed by atoms with E-state index in [1.165, 1.54) is 0 Å². The first-order valence-electron chi connectivity index (χ1n) is 5.91. The van der Waals surface area contributed by atoms with Crippen LogP contribution in [0, 0.1) is 0 Å². The van der Waals surface area contributed by atoms with E-state index in [1.807, 2.05) is 12.2 Å². The Labute approximate surface area is 110 Å². The van der Waals surface area contributed by atoms with Crippen molar-refractivity contribution in [2.45, 2.75) is 36.7 Å². The van der Waals surface area contributed by atoms with Crippen molar-refractivity contribution in [2.75, 3.05) is 6.61 Å². The quantitative estimate of drug-likeness (QED) is 0.432. The molecule has 0 bridgehead atoms. The largest absolute Gasteiger partial charge is 0.346 e. The Morgan fingerprint density at radius 3 is 2.89 bits per heavy atom. The van der Waals surface area contributed by atoms with E-state index in [2.05, 4.69) is 17.9 Å². The van der Waals surface area contributed by atoms with Crippen LogP contribution in [-0.4, -0.2) is 35.1 Å². The highest BCUT2D eigenvalue weighted by Gasteiger charge is 2.47. The van der Waals surface area contributed by atoms with Crippen molar-refractivity contribution in [1.82, 2.24) is 5.32 Å². The van der Waals surface area contributed by atoms with Crippen LogP contribution < -0.4 is 5.32 Å². The van der Waals surface area contributed by atoms with Gasteiger partial charge in [-0.25, -0.2) is 0 Å². The van der Waals surface area contributed by atoms with Crippen molar-refractivity contribution in [2.24, 2.45) is 0 Å². The normalized spacial score (nSPS) is 32.4. The lowest BCUT2D eigenvalue weighted by molar-refractivity contribution is -0.156. The van der Waals surface area contributed by atoms with Gasteiger partial charge in [0.2, 0.25) is 4.93 Å². The zero-order chi connectivity index (χ0) is 13.2. The van der Waals surface area contributed by atoms with Crippen LogP contribution in [-0.2, 0) is 19.1 Å². The number of carbonyl (C=O) groups excluding carboxylic acids is 3. The number of hydrogen-bond acceptors (Lipinski definition) is 5. The summed E-state index contributed by atoms with van der Waals surface area (Å²) < 4.78 is 5.02. The van der Waals surface area contributed by atoms with Gasteiger partial charge in [0.05, 0.1) is 6.42 Å². The Morgan fingerprint density at radius 1 is 1.50 bits per heavy atom. The smallest absolute Gasteiger partial charge is 0.271 e. The SMILES string of the molecule is O=C1COC(S)(C(=O)NC2C=CCCC2)C(=O)C1. The highest BCUT2D eigenvalue weighted by Crippen LogP contribution is 2.25. The molecule has 1 fully saturated rings. The van der Waals surface area contributed by atoms with Crippen LogP contribution >= 0.6 is 12.6 Å². The number of hydrogen-bond donors (Lipinski definition) is 2. The first kappa shape index (κ1) is 13.3. The lowest BCUT2D eigenvalue weighted by atomic mass is 10.0. The first-order chi connectivity index (χ1) is 8.52. The number of allylic oxidation sites excluding steroid dienone is 1. The molecule has 2 unspecified atom stereocenters. The average molecular weight is 269 g/mol. The predicted octanol–water partition coefficient (Wildman–Crippen LogP) is 0.396. The highest BCUT2D eigenvalue weighted by molar-refractivity contribution is 7.83. The molecule has 6 heteroatoms. The molecular formula is C12H15NO4S. The molecule has 2 atom stereocenters. The topological polar surface area (TPSA) is 72.5 Å². The number of rotatable bonds is 2. The monoisotopic (exact) mass is 269 g/mol. The molecule has 1 aliphatic heterocycles. The molecule has 98 valence electrons. The maximum Gasteiger partial charge on any atom is 0.271 e. The van der Waals surface area contributed by atoms with E-state index in [1.54, 1.807) is 0 Å². The number of carbonyl (C=O) groups is 3. The molecule has 0 aromatic heterocycles. The second-order valence-corrected chi connectivity index (χ2v) is 5.14. The minimum atomic E-state index is -1.82. The Balaban J connectivity index is 2.03. The molecular weight excluding hydrogens is 254 g/mol. The summed E-state index contributed by atoms with van der Waals surface area (Å²) in [7, 11) is 0. The summed E-state index contributed by atoms with van der Waals surface area (Å²) in [6, 6.07) is -0.0932. The van der Waals surface area contributed by atoms with Gasteiger partial charge in [-0.05, 0) is 19.3 Å². The zero-order valence-corrected chi connectivity index (χ0v) is 10.7. The minimum Gasteiger partial charge on any atom is -0.346 e. The van der Waals surface area contributed by atoms with Gasteiger partial charge < -0.3 is 10.1 Å². The van der Waals surface area contributed by atoms with Crippen LogP contribution in [0.3, 0.4) is 0 Å². The molecule has 1 saturated heterocycles. The Hall–Kier alpha value is -1.14. The molecule has 1 heterocycles. The second kappa shape index (κ2) is 5.24. The van der Waals surface area contributed by atoms with Crippen molar-refractivity contribution in [3.63, 3.8) is 0 Å². The Morgan fingerprint density at radius 2 is 2.28 bits per heavy atom. The fourth-order valence-electron chi connectivity index (χ4n) is 2.01. The maximum absolute atomic E-state index is 12.0. The highest BCUT2D eigenvalue weighted by atomic mass is 32.1. The van der Waals surface area contributed by atoms with Crippen LogP contribution in [0.4, 0.5) is 0 Å². The van der Waals surface area contributed by atoms with Crippen LogP contribution in [0.15, 0.2) is 12.2 Å². The number of Topliss-reactive ketones (excluding diaryl/α,β-unsaturated/α-hetero) is 2. The molecule has 5 nitrogen and oxygen atoms in total. The molecule has 1 N–H and O–H groups in total. The standard InChI is InChI=1S/C12H15NO4S/c14-9-6-10(15)12(18,17-7-9)11(16)13-8-4-2-1-3-5-8/h2,4,8,18H,1,3,5-7H2,(H,13,16). The zero-order valence-electron chi connectivity index (χ0n) is 9.85. The van der Waals surface area contributed by atoms with E-state index in [9.17, 15) is 14.4 Å². The third kappa shape index (κ3) is 2.64. The van der Waals surface area contributed by atoms with Gasteiger partial charge in [-0.15, -0.1) is 12.6 Å². The summed E-state index contributed by atoms with van der Waals surface area (Å²) in [4.78, 5) is 33.0. The van der Waals surface area contributed by atoms with E-state index in [0.717, 1.165) is 19.3 Å². The van der Waals surface area contributed by atoms with Gasteiger partial charge in [-0.3, -0.25) is 14.4 Å².